The van der Waals surface area contributed by atoms with Gasteiger partial charge in [-0.3, -0.25) is 0 Å². The van der Waals surface area contributed by atoms with Crippen LogP contribution in [-0.4, -0.2) is 59.3 Å². The molecule has 0 saturated carbocycles. The second-order valence-electron chi connectivity index (χ2n) is 5.83. The number of ether oxygens (including phenoxy) is 1. The summed E-state index contributed by atoms with van der Waals surface area (Å²) in [5.41, 5.74) is 2.12. The zero-order chi connectivity index (χ0) is 19.5. The van der Waals surface area contributed by atoms with Crippen LogP contribution in [0.25, 0.3) is 5.57 Å². The van der Waals surface area contributed by atoms with Gasteiger partial charge in [0.05, 0.1) is 7.11 Å². The van der Waals surface area contributed by atoms with Crippen molar-refractivity contribution in [2.24, 2.45) is 0 Å². The summed E-state index contributed by atoms with van der Waals surface area (Å²) >= 11 is 0. The Labute approximate surface area is 152 Å². The largest absolute Gasteiger partial charge is 0.478 e. The molecule has 2 rings (SSSR count). The average molecular weight is 366 g/mol. The van der Waals surface area contributed by atoms with Crippen LogP contribution in [0.5, 0.6) is 5.95 Å². The number of likely N-dealkylation sites (N-methyl/N-ethyl adjacent to an activating group) is 1. The average Bonchev–Trinajstić information content (AvgIpc) is 3.02. The second-order valence-corrected chi connectivity index (χ2v) is 5.83. The van der Waals surface area contributed by atoms with Gasteiger partial charge in [0.1, 0.15) is 5.69 Å². The van der Waals surface area contributed by atoms with E-state index in [-0.39, 0.29) is 0 Å². The SMILES string of the molecule is CCCCc1nc(C2=CCCN(C)C2)oc1OC.O=C(O)/C=C\C(=O)O. The van der Waals surface area contributed by atoms with Crippen molar-refractivity contribution in [2.75, 3.05) is 27.2 Å². The number of aliphatic carboxylic acids is 2. The summed E-state index contributed by atoms with van der Waals surface area (Å²) in [6.45, 7) is 4.17. The zero-order valence-electron chi connectivity index (χ0n) is 15.4. The third kappa shape index (κ3) is 7.52. The molecule has 2 heterocycles. The highest BCUT2D eigenvalue weighted by Crippen LogP contribution is 2.27. The Hall–Kier alpha value is -2.61. The van der Waals surface area contributed by atoms with Crippen molar-refractivity contribution in [1.29, 1.82) is 0 Å². The number of rotatable bonds is 7. The molecule has 0 atom stereocenters. The van der Waals surface area contributed by atoms with E-state index in [0.29, 0.717) is 18.1 Å². The number of aromatic nitrogens is 1. The van der Waals surface area contributed by atoms with E-state index in [1.54, 1.807) is 7.11 Å². The van der Waals surface area contributed by atoms with E-state index in [1.165, 1.54) is 5.57 Å². The predicted octanol–water partition coefficient (Wildman–Crippen LogP) is 2.46. The summed E-state index contributed by atoms with van der Waals surface area (Å²) in [6, 6.07) is 0. The maximum Gasteiger partial charge on any atom is 0.328 e. The molecule has 0 unspecified atom stereocenters. The van der Waals surface area contributed by atoms with Crippen molar-refractivity contribution in [3.05, 3.63) is 29.8 Å². The Bertz CT molecular complexity index is 647. The Morgan fingerprint density at radius 3 is 2.50 bits per heavy atom. The first-order valence-electron chi connectivity index (χ1n) is 8.42. The molecular formula is C18H26N2O6. The van der Waals surface area contributed by atoms with Gasteiger partial charge in [0, 0.05) is 30.8 Å². The smallest absolute Gasteiger partial charge is 0.328 e. The van der Waals surface area contributed by atoms with E-state index in [9.17, 15) is 9.59 Å². The first-order chi connectivity index (χ1) is 12.4. The van der Waals surface area contributed by atoms with Crippen molar-refractivity contribution >= 4 is 17.5 Å². The van der Waals surface area contributed by atoms with Crippen molar-refractivity contribution in [1.82, 2.24) is 9.88 Å². The molecule has 0 spiro atoms. The molecule has 0 aromatic carbocycles. The van der Waals surface area contributed by atoms with Gasteiger partial charge in [-0.25, -0.2) is 14.6 Å². The van der Waals surface area contributed by atoms with E-state index in [1.807, 2.05) is 0 Å². The molecule has 0 fully saturated rings. The highest BCUT2D eigenvalue weighted by atomic mass is 16.6. The van der Waals surface area contributed by atoms with Gasteiger partial charge in [-0.05, 0) is 26.3 Å². The minimum atomic E-state index is -1.26. The van der Waals surface area contributed by atoms with Crippen molar-refractivity contribution in [3.63, 3.8) is 0 Å². The summed E-state index contributed by atoms with van der Waals surface area (Å²) in [5.74, 6) is -1.21. The number of aryl methyl sites for hydroxylation is 1. The van der Waals surface area contributed by atoms with Crippen LogP contribution in [0, 0.1) is 0 Å². The molecular weight excluding hydrogens is 340 g/mol. The number of carboxylic acid groups (broad SMARTS) is 2. The zero-order valence-corrected chi connectivity index (χ0v) is 15.4. The molecule has 0 radical (unpaired) electrons. The summed E-state index contributed by atoms with van der Waals surface area (Å²) < 4.78 is 11.0. The van der Waals surface area contributed by atoms with Gasteiger partial charge < -0.3 is 24.3 Å². The van der Waals surface area contributed by atoms with Crippen molar-refractivity contribution in [2.45, 2.75) is 32.6 Å². The molecule has 8 heteroatoms. The van der Waals surface area contributed by atoms with Crippen LogP contribution in [0.4, 0.5) is 0 Å². The summed E-state index contributed by atoms with van der Waals surface area (Å²) in [5, 5.41) is 15.6. The molecule has 144 valence electrons. The van der Waals surface area contributed by atoms with Gasteiger partial charge >= 0.3 is 17.9 Å². The Balaban J connectivity index is 0.000000359. The van der Waals surface area contributed by atoms with Crippen LogP contribution in [0.1, 0.15) is 37.8 Å². The maximum absolute atomic E-state index is 9.55. The van der Waals surface area contributed by atoms with Gasteiger partial charge in [0.2, 0.25) is 5.89 Å². The fourth-order valence-electron chi connectivity index (χ4n) is 2.33. The summed E-state index contributed by atoms with van der Waals surface area (Å²) in [7, 11) is 3.76. The van der Waals surface area contributed by atoms with Crippen LogP contribution < -0.4 is 4.74 Å². The molecule has 8 nitrogen and oxygen atoms in total. The molecule has 1 aromatic heterocycles. The Morgan fingerprint density at radius 1 is 1.35 bits per heavy atom. The van der Waals surface area contributed by atoms with Crippen LogP contribution in [0.2, 0.25) is 0 Å². The molecule has 0 saturated heterocycles. The predicted molar refractivity (Wildman–Crippen MR) is 96.2 cm³/mol. The fourth-order valence-corrected chi connectivity index (χ4v) is 2.33. The molecule has 0 aliphatic carbocycles. The Morgan fingerprint density at radius 2 is 2.00 bits per heavy atom. The highest BCUT2D eigenvalue weighted by molar-refractivity contribution is 5.89. The van der Waals surface area contributed by atoms with E-state index < -0.39 is 11.9 Å². The minimum Gasteiger partial charge on any atom is -0.478 e. The van der Waals surface area contributed by atoms with Gasteiger partial charge in [-0.15, -0.1) is 0 Å². The quantitative estimate of drug-likeness (QED) is 0.708. The lowest BCUT2D eigenvalue weighted by atomic mass is 10.1. The minimum absolute atomic E-state index is 0.558. The van der Waals surface area contributed by atoms with Gasteiger partial charge in [-0.2, -0.15) is 0 Å². The summed E-state index contributed by atoms with van der Waals surface area (Å²) in [4.78, 5) is 26.0. The Kier molecular flexibility index (Phi) is 9.14. The second kappa shape index (κ2) is 11.1. The van der Waals surface area contributed by atoms with Crippen LogP contribution in [-0.2, 0) is 16.0 Å². The number of oxazole rings is 1. The lowest BCUT2D eigenvalue weighted by Crippen LogP contribution is -2.25. The molecule has 0 amide bonds. The fraction of sp³-hybridized carbons (Fsp3) is 0.500. The number of unbranched alkanes of at least 4 members (excludes halogenated alkanes) is 1. The third-order valence-corrected chi connectivity index (χ3v) is 3.60. The molecule has 1 aromatic rings. The molecule has 2 N–H and O–H groups in total. The number of nitrogens with zero attached hydrogens (tertiary/aromatic N) is 2. The first-order valence-corrected chi connectivity index (χ1v) is 8.42. The standard InChI is InChI=1S/C14H22N2O2.C4H4O4/c1-4-5-8-12-14(17-3)18-13(15-12)11-7-6-9-16(2)10-11;5-3(6)1-2-4(7)8/h7H,4-6,8-10H2,1-3H3;1-2H,(H,5,6)(H,7,8)/b;2-1-. The highest BCUT2D eigenvalue weighted by Gasteiger charge is 2.19. The summed E-state index contributed by atoms with van der Waals surface area (Å²) in [6.07, 6.45) is 7.57. The number of carboxylic acids is 2. The molecule has 1 aliphatic heterocycles. The van der Waals surface area contributed by atoms with Crippen LogP contribution in [0.3, 0.4) is 0 Å². The van der Waals surface area contributed by atoms with Crippen molar-refractivity contribution in [3.8, 4) is 5.95 Å². The molecule has 26 heavy (non-hydrogen) atoms. The lowest BCUT2D eigenvalue weighted by Gasteiger charge is -2.20. The number of hydrogen-bond acceptors (Lipinski definition) is 6. The van der Waals surface area contributed by atoms with E-state index >= 15 is 0 Å². The van der Waals surface area contributed by atoms with E-state index in [2.05, 4.69) is 29.9 Å². The number of hydrogen-bond donors (Lipinski definition) is 2. The van der Waals surface area contributed by atoms with Crippen molar-refractivity contribution < 1.29 is 29.0 Å². The van der Waals surface area contributed by atoms with Crippen LogP contribution in [0.15, 0.2) is 22.6 Å². The molecule has 1 aliphatic rings. The number of carbonyl (C=O) groups is 2. The van der Waals surface area contributed by atoms with Crippen LogP contribution >= 0.6 is 0 Å². The molecule has 0 bridgehead atoms. The van der Waals surface area contributed by atoms with E-state index in [0.717, 1.165) is 50.4 Å². The normalized spacial score (nSPS) is 14.5. The van der Waals surface area contributed by atoms with Gasteiger partial charge in [-0.1, -0.05) is 19.4 Å². The first kappa shape index (κ1) is 21.4. The lowest BCUT2D eigenvalue weighted by molar-refractivity contribution is -0.134. The third-order valence-electron chi connectivity index (χ3n) is 3.60. The van der Waals surface area contributed by atoms with Gasteiger partial charge in [0.25, 0.3) is 0 Å². The topological polar surface area (TPSA) is 113 Å². The number of methoxy groups -OCH3 is 1. The monoisotopic (exact) mass is 366 g/mol. The van der Waals surface area contributed by atoms with E-state index in [4.69, 9.17) is 19.4 Å². The maximum atomic E-state index is 9.55. The van der Waals surface area contributed by atoms with Gasteiger partial charge in [0.15, 0.2) is 0 Å².